The van der Waals surface area contributed by atoms with Crippen LogP contribution in [0.25, 0.3) is 10.9 Å². The summed E-state index contributed by atoms with van der Waals surface area (Å²) in [5.74, 6) is 0. The summed E-state index contributed by atoms with van der Waals surface area (Å²) in [7, 11) is 0. The van der Waals surface area contributed by atoms with Gasteiger partial charge < -0.3 is 16.0 Å². The summed E-state index contributed by atoms with van der Waals surface area (Å²) in [6, 6.07) is 17.0. The molecule has 1 aromatic heterocycles. The molecule has 4 heteroatoms. The third-order valence-corrected chi connectivity index (χ3v) is 5.26. The van der Waals surface area contributed by atoms with Crippen LogP contribution in [0.2, 0.25) is 0 Å². The van der Waals surface area contributed by atoms with Crippen molar-refractivity contribution < 1.29 is 0 Å². The molecule has 3 N–H and O–H groups in total. The predicted molar refractivity (Wildman–Crippen MR) is 115 cm³/mol. The van der Waals surface area contributed by atoms with Crippen LogP contribution in [0.4, 0.5) is 11.4 Å². The van der Waals surface area contributed by atoms with Gasteiger partial charge in [-0.2, -0.15) is 0 Å². The highest BCUT2D eigenvalue weighted by molar-refractivity contribution is 5.90. The molecule has 0 saturated carbocycles. The van der Waals surface area contributed by atoms with Crippen molar-refractivity contribution in [2.75, 3.05) is 36.8 Å². The average molecular weight is 361 g/mol. The van der Waals surface area contributed by atoms with Gasteiger partial charge in [-0.15, -0.1) is 0 Å². The molecule has 0 atom stereocenters. The highest BCUT2D eigenvalue weighted by Gasteiger charge is 2.12. The van der Waals surface area contributed by atoms with Crippen molar-refractivity contribution >= 4 is 22.3 Å². The minimum atomic E-state index is 0.885. The van der Waals surface area contributed by atoms with Gasteiger partial charge in [-0.25, -0.2) is 0 Å². The maximum atomic E-state index is 4.49. The van der Waals surface area contributed by atoms with Crippen molar-refractivity contribution in [3.05, 3.63) is 65.9 Å². The second-order valence-electron chi connectivity index (χ2n) is 7.13. The van der Waals surface area contributed by atoms with Gasteiger partial charge in [0.25, 0.3) is 0 Å². The Labute approximate surface area is 161 Å². The first kappa shape index (κ1) is 17.8. The summed E-state index contributed by atoms with van der Waals surface area (Å²) in [6.07, 6.45) is 6.95. The summed E-state index contributed by atoms with van der Waals surface area (Å²) in [4.78, 5) is 4.49. The van der Waals surface area contributed by atoms with Crippen LogP contribution in [-0.2, 0) is 12.8 Å². The van der Waals surface area contributed by atoms with Crippen molar-refractivity contribution in [3.8, 4) is 0 Å². The molecule has 0 saturated heterocycles. The van der Waals surface area contributed by atoms with Gasteiger partial charge in [0.2, 0.25) is 0 Å². The van der Waals surface area contributed by atoms with Gasteiger partial charge in [0.05, 0.1) is 11.2 Å². The number of para-hydroxylation sites is 1. The second-order valence-corrected chi connectivity index (χ2v) is 7.13. The average Bonchev–Trinajstić information content (AvgIpc) is 2.73. The summed E-state index contributed by atoms with van der Waals surface area (Å²) < 4.78 is 0. The van der Waals surface area contributed by atoms with Crippen LogP contribution in [0.5, 0.6) is 0 Å². The van der Waals surface area contributed by atoms with Crippen molar-refractivity contribution in [1.29, 1.82) is 0 Å². The molecule has 27 heavy (non-hydrogen) atoms. The van der Waals surface area contributed by atoms with E-state index in [-0.39, 0.29) is 0 Å². The molecule has 4 nitrogen and oxygen atoms in total. The minimum absolute atomic E-state index is 0.885. The van der Waals surface area contributed by atoms with Crippen molar-refractivity contribution in [2.45, 2.75) is 25.7 Å². The van der Waals surface area contributed by atoms with E-state index >= 15 is 0 Å². The van der Waals surface area contributed by atoms with Gasteiger partial charge in [0.1, 0.15) is 0 Å². The lowest BCUT2D eigenvalue weighted by Crippen LogP contribution is -2.27. The number of pyridine rings is 1. The molecule has 1 aliphatic rings. The van der Waals surface area contributed by atoms with E-state index in [0.717, 1.165) is 37.4 Å². The summed E-state index contributed by atoms with van der Waals surface area (Å²) in [5.41, 5.74) is 6.54. The van der Waals surface area contributed by atoms with Crippen molar-refractivity contribution in [1.82, 2.24) is 10.3 Å². The summed E-state index contributed by atoms with van der Waals surface area (Å²) in [5, 5.41) is 11.8. The van der Waals surface area contributed by atoms with Gasteiger partial charge in [-0.3, -0.25) is 4.98 Å². The summed E-state index contributed by atoms with van der Waals surface area (Å²) >= 11 is 0. The maximum absolute atomic E-state index is 4.49. The molecular weight excluding hydrogens is 332 g/mol. The quantitative estimate of drug-likeness (QED) is 0.526. The third-order valence-electron chi connectivity index (χ3n) is 5.26. The lowest BCUT2D eigenvalue weighted by atomic mass is 9.90. The first-order valence-corrected chi connectivity index (χ1v) is 10.0. The van der Waals surface area contributed by atoms with E-state index in [0.29, 0.717) is 0 Å². The van der Waals surface area contributed by atoms with Crippen LogP contribution in [0.15, 0.2) is 54.7 Å². The molecule has 1 aliphatic carbocycles. The molecule has 0 spiro atoms. The van der Waals surface area contributed by atoms with E-state index in [1.54, 1.807) is 0 Å². The predicted octanol–water partition coefficient (Wildman–Crippen LogP) is 4.23. The Morgan fingerprint density at radius 3 is 2.41 bits per heavy atom. The smallest absolute Gasteiger partial charge is 0.0933 e. The van der Waals surface area contributed by atoms with Gasteiger partial charge in [-0.1, -0.05) is 30.3 Å². The first-order chi connectivity index (χ1) is 13.4. The van der Waals surface area contributed by atoms with E-state index in [9.17, 15) is 0 Å². The molecule has 0 bridgehead atoms. The van der Waals surface area contributed by atoms with Gasteiger partial charge in [0.15, 0.2) is 0 Å². The fraction of sp³-hybridized carbons (Fsp3) is 0.348. The van der Waals surface area contributed by atoms with Crippen LogP contribution in [0, 0.1) is 0 Å². The number of anilines is 2. The van der Waals surface area contributed by atoms with Gasteiger partial charge in [0, 0.05) is 43.4 Å². The zero-order valence-electron chi connectivity index (χ0n) is 15.8. The normalized spacial score (nSPS) is 13.3. The van der Waals surface area contributed by atoms with Crippen LogP contribution in [0.3, 0.4) is 0 Å². The van der Waals surface area contributed by atoms with E-state index in [4.69, 9.17) is 0 Å². The molecule has 140 valence electrons. The molecule has 1 heterocycles. The number of hydrogen-bond acceptors (Lipinski definition) is 4. The maximum Gasteiger partial charge on any atom is 0.0933 e. The second kappa shape index (κ2) is 8.87. The Morgan fingerprint density at radius 2 is 1.48 bits per heavy atom. The fourth-order valence-electron chi connectivity index (χ4n) is 3.89. The Bertz CT molecular complexity index is 885. The third kappa shape index (κ3) is 4.40. The van der Waals surface area contributed by atoms with Crippen LogP contribution < -0.4 is 16.0 Å². The molecule has 0 amide bonds. The number of fused-ring (bicyclic) bond motifs is 2. The number of nitrogens with zero attached hydrogens (tertiary/aromatic N) is 1. The molecule has 3 aromatic rings. The van der Waals surface area contributed by atoms with Gasteiger partial charge in [-0.05, 0) is 55.0 Å². The first-order valence-electron chi connectivity index (χ1n) is 10.0. The van der Waals surface area contributed by atoms with E-state index in [1.807, 2.05) is 12.3 Å². The standard InChI is InChI=1S/C23H28N4/c1-2-10-20-18(6-1)7-3-11-21(20)25-16-14-24-15-17-26-22-12-4-8-19-9-5-13-27-23(19)22/h3-5,7-9,11-13,24-26H,1-2,6,10,14-17H2. The molecule has 2 aromatic carbocycles. The highest BCUT2D eigenvalue weighted by Crippen LogP contribution is 2.27. The zero-order valence-corrected chi connectivity index (χ0v) is 15.8. The van der Waals surface area contributed by atoms with Crippen LogP contribution in [0.1, 0.15) is 24.0 Å². The molecular formula is C23H28N4. The van der Waals surface area contributed by atoms with Gasteiger partial charge >= 0.3 is 0 Å². The number of rotatable bonds is 8. The number of aromatic nitrogens is 1. The lowest BCUT2D eigenvalue weighted by Gasteiger charge is -2.20. The number of nitrogens with one attached hydrogen (secondary N) is 3. The Morgan fingerprint density at radius 1 is 0.741 bits per heavy atom. The molecule has 0 aliphatic heterocycles. The molecule has 0 fully saturated rings. The SMILES string of the molecule is c1cc2c(c(NCCNCCNc3cccc4cccnc34)c1)CCCC2. The number of benzene rings is 2. The van der Waals surface area contributed by atoms with Crippen molar-refractivity contribution in [3.63, 3.8) is 0 Å². The van der Waals surface area contributed by atoms with E-state index in [1.165, 1.54) is 47.9 Å². The number of aryl methyl sites for hydroxylation is 1. The molecule has 4 rings (SSSR count). The minimum Gasteiger partial charge on any atom is -0.384 e. The van der Waals surface area contributed by atoms with Crippen LogP contribution in [-0.4, -0.2) is 31.2 Å². The Kier molecular flexibility index (Phi) is 5.85. The Hall–Kier alpha value is -2.59. The fourth-order valence-corrected chi connectivity index (χ4v) is 3.89. The zero-order chi connectivity index (χ0) is 18.3. The lowest BCUT2D eigenvalue weighted by molar-refractivity contribution is 0.684. The molecule has 0 radical (unpaired) electrons. The highest BCUT2D eigenvalue weighted by atomic mass is 15.0. The van der Waals surface area contributed by atoms with Crippen LogP contribution >= 0.6 is 0 Å². The Balaban J connectivity index is 1.19. The van der Waals surface area contributed by atoms with Crippen molar-refractivity contribution in [2.24, 2.45) is 0 Å². The van der Waals surface area contributed by atoms with E-state index in [2.05, 4.69) is 63.4 Å². The topological polar surface area (TPSA) is 49.0 Å². The monoisotopic (exact) mass is 360 g/mol. The summed E-state index contributed by atoms with van der Waals surface area (Å²) in [6.45, 7) is 3.72. The molecule has 0 unspecified atom stereocenters. The van der Waals surface area contributed by atoms with E-state index < -0.39 is 0 Å². The largest absolute Gasteiger partial charge is 0.384 e. The number of hydrogen-bond donors (Lipinski definition) is 3.